The van der Waals surface area contributed by atoms with Crippen LogP contribution in [-0.4, -0.2) is 28.4 Å². The molecule has 0 saturated heterocycles. The lowest BCUT2D eigenvalue weighted by atomic mass is 9.68. The standard InChI is InChI=1S/C15H24O4/c1-10(2)5-7-19-14(17)13-11-4-3-6-15(18,8-11)9-12(13)16/h10-11,16,18H,3-9H2,1-2H3. The van der Waals surface area contributed by atoms with Gasteiger partial charge in [-0.3, -0.25) is 0 Å². The summed E-state index contributed by atoms with van der Waals surface area (Å²) in [5.41, 5.74) is -0.400. The normalized spacial score (nSPS) is 30.6. The van der Waals surface area contributed by atoms with Crippen molar-refractivity contribution in [3.8, 4) is 0 Å². The monoisotopic (exact) mass is 268 g/mol. The fourth-order valence-corrected chi connectivity index (χ4v) is 3.14. The minimum atomic E-state index is -0.811. The molecule has 2 bridgehead atoms. The molecule has 2 rings (SSSR count). The van der Waals surface area contributed by atoms with Crippen molar-refractivity contribution in [1.29, 1.82) is 0 Å². The molecule has 2 unspecified atom stereocenters. The van der Waals surface area contributed by atoms with Gasteiger partial charge in [0.1, 0.15) is 5.76 Å². The van der Waals surface area contributed by atoms with Crippen LogP contribution in [0, 0.1) is 11.8 Å². The third-order valence-electron chi connectivity index (χ3n) is 4.19. The molecule has 0 spiro atoms. The van der Waals surface area contributed by atoms with Crippen LogP contribution >= 0.6 is 0 Å². The van der Waals surface area contributed by atoms with Gasteiger partial charge in [-0.2, -0.15) is 0 Å². The SMILES string of the molecule is CC(C)CCOC(=O)C1=C(O)CC2(O)CCCC1C2. The first-order valence-corrected chi connectivity index (χ1v) is 7.23. The van der Waals surface area contributed by atoms with Crippen molar-refractivity contribution in [2.45, 2.75) is 58.0 Å². The van der Waals surface area contributed by atoms with Crippen molar-refractivity contribution in [3.63, 3.8) is 0 Å². The van der Waals surface area contributed by atoms with Gasteiger partial charge in [0, 0.05) is 6.42 Å². The Morgan fingerprint density at radius 3 is 2.95 bits per heavy atom. The number of carbonyl (C=O) groups is 1. The molecular formula is C15H24O4. The van der Waals surface area contributed by atoms with Gasteiger partial charge in [-0.05, 0) is 43.9 Å². The largest absolute Gasteiger partial charge is 0.512 e. The summed E-state index contributed by atoms with van der Waals surface area (Å²) >= 11 is 0. The molecule has 0 radical (unpaired) electrons. The molecule has 2 aliphatic rings. The number of aliphatic hydroxyl groups excluding tert-OH is 1. The van der Waals surface area contributed by atoms with E-state index >= 15 is 0 Å². The fraction of sp³-hybridized carbons (Fsp3) is 0.800. The molecule has 0 aromatic rings. The Morgan fingerprint density at radius 2 is 2.26 bits per heavy atom. The Labute approximate surface area is 114 Å². The number of hydrogen-bond donors (Lipinski definition) is 2. The Balaban J connectivity index is 2.03. The predicted molar refractivity (Wildman–Crippen MR) is 71.6 cm³/mol. The second-order valence-electron chi connectivity index (χ2n) is 6.37. The molecule has 0 amide bonds. The summed E-state index contributed by atoms with van der Waals surface area (Å²) in [6, 6.07) is 0. The minimum absolute atomic E-state index is 0.0352. The molecule has 1 saturated carbocycles. The fourth-order valence-electron chi connectivity index (χ4n) is 3.14. The van der Waals surface area contributed by atoms with E-state index in [1.807, 2.05) is 0 Å². The number of hydrogen-bond acceptors (Lipinski definition) is 4. The second-order valence-corrected chi connectivity index (χ2v) is 6.37. The molecular weight excluding hydrogens is 244 g/mol. The minimum Gasteiger partial charge on any atom is -0.512 e. The van der Waals surface area contributed by atoms with E-state index in [4.69, 9.17) is 4.74 Å². The quantitative estimate of drug-likeness (QED) is 0.769. The molecule has 4 nitrogen and oxygen atoms in total. The van der Waals surface area contributed by atoms with Crippen molar-refractivity contribution in [1.82, 2.24) is 0 Å². The van der Waals surface area contributed by atoms with Crippen molar-refractivity contribution < 1.29 is 19.7 Å². The third-order valence-corrected chi connectivity index (χ3v) is 4.19. The molecule has 2 aliphatic carbocycles. The maximum Gasteiger partial charge on any atom is 0.337 e. The highest BCUT2D eigenvalue weighted by Gasteiger charge is 2.44. The van der Waals surface area contributed by atoms with Crippen molar-refractivity contribution >= 4 is 5.97 Å². The first-order valence-electron chi connectivity index (χ1n) is 7.23. The van der Waals surface area contributed by atoms with E-state index in [0.717, 1.165) is 19.3 Å². The van der Waals surface area contributed by atoms with E-state index in [0.29, 0.717) is 30.9 Å². The summed E-state index contributed by atoms with van der Waals surface area (Å²) in [4.78, 5) is 12.1. The van der Waals surface area contributed by atoms with Crippen LogP contribution in [0.2, 0.25) is 0 Å². The van der Waals surface area contributed by atoms with Crippen molar-refractivity contribution in [3.05, 3.63) is 11.3 Å². The summed E-state index contributed by atoms with van der Waals surface area (Å²) in [6.45, 7) is 4.54. The average molecular weight is 268 g/mol. The lowest BCUT2D eigenvalue weighted by molar-refractivity contribution is -0.141. The molecule has 1 fully saturated rings. The van der Waals surface area contributed by atoms with E-state index < -0.39 is 11.6 Å². The van der Waals surface area contributed by atoms with E-state index in [1.165, 1.54) is 0 Å². The predicted octanol–water partition coefficient (Wildman–Crippen LogP) is 2.71. The molecule has 2 N–H and O–H groups in total. The third kappa shape index (κ3) is 3.30. The van der Waals surface area contributed by atoms with Crippen LogP contribution in [0.5, 0.6) is 0 Å². The summed E-state index contributed by atoms with van der Waals surface area (Å²) in [6.07, 6.45) is 4.06. The summed E-state index contributed by atoms with van der Waals surface area (Å²) in [7, 11) is 0. The number of fused-ring (bicyclic) bond motifs is 2. The van der Waals surface area contributed by atoms with Gasteiger partial charge >= 0.3 is 5.97 Å². The molecule has 0 aromatic carbocycles. The van der Waals surface area contributed by atoms with Gasteiger partial charge in [-0.15, -0.1) is 0 Å². The molecule has 0 aliphatic heterocycles. The Kier molecular flexibility index (Phi) is 4.19. The van der Waals surface area contributed by atoms with E-state index in [-0.39, 0.29) is 18.1 Å². The number of rotatable bonds is 4. The van der Waals surface area contributed by atoms with Gasteiger partial charge < -0.3 is 14.9 Å². The first kappa shape index (κ1) is 14.4. The lowest BCUT2D eigenvalue weighted by Gasteiger charge is -2.41. The van der Waals surface area contributed by atoms with Crippen LogP contribution in [0.25, 0.3) is 0 Å². The highest BCUT2D eigenvalue weighted by Crippen LogP contribution is 2.45. The highest BCUT2D eigenvalue weighted by molar-refractivity contribution is 5.90. The smallest absolute Gasteiger partial charge is 0.337 e. The summed E-state index contributed by atoms with van der Waals surface area (Å²) in [5, 5.41) is 20.3. The molecule has 0 aromatic heterocycles. The van der Waals surface area contributed by atoms with Crippen LogP contribution in [0.4, 0.5) is 0 Å². The first-order chi connectivity index (χ1) is 8.91. The van der Waals surface area contributed by atoms with Gasteiger partial charge in [0.2, 0.25) is 0 Å². The number of aliphatic hydroxyl groups is 2. The zero-order valence-corrected chi connectivity index (χ0v) is 11.8. The zero-order valence-electron chi connectivity index (χ0n) is 11.8. The van der Waals surface area contributed by atoms with Crippen molar-refractivity contribution in [2.24, 2.45) is 11.8 Å². The molecule has 0 heterocycles. The van der Waals surface area contributed by atoms with E-state index in [9.17, 15) is 15.0 Å². The van der Waals surface area contributed by atoms with E-state index in [1.54, 1.807) is 0 Å². The Bertz CT molecular complexity index is 386. The lowest BCUT2D eigenvalue weighted by Crippen LogP contribution is -2.41. The number of esters is 1. The average Bonchev–Trinajstić information content (AvgIpc) is 2.26. The van der Waals surface area contributed by atoms with E-state index in [2.05, 4.69) is 13.8 Å². The molecule has 108 valence electrons. The van der Waals surface area contributed by atoms with Crippen LogP contribution in [0.1, 0.15) is 52.4 Å². The maximum atomic E-state index is 12.1. The van der Waals surface area contributed by atoms with Gasteiger partial charge in [0.15, 0.2) is 0 Å². The van der Waals surface area contributed by atoms with Gasteiger partial charge in [0.05, 0.1) is 17.8 Å². The van der Waals surface area contributed by atoms with Gasteiger partial charge in [-0.25, -0.2) is 4.79 Å². The summed E-state index contributed by atoms with van der Waals surface area (Å²) < 4.78 is 5.25. The zero-order chi connectivity index (χ0) is 14.0. The molecule has 4 heteroatoms. The topological polar surface area (TPSA) is 66.8 Å². The van der Waals surface area contributed by atoms with Crippen LogP contribution in [0.3, 0.4) is 0 Å². The van der Waals surface area contributed by atoms with Crippen LogP contribution < -0.4 is 0 Å². The highest BCUT2D eigenvalue weighted by atomic mass is 16.5. The van der Waals surface area contributed by atoms with Gasteiger partial charge in [0.25, 0.3) is 0 Å². The Hall–Kier alpha value is -1.03. The molecule has 19 heavy (non-hydrogen) atoms. The second kappa shape index (κ2) is 5.53. The summed E-state index contributed by atoms with van der Waals surface area (Å²) in [5.74, 6) is 0.0839. The molecule has 2 atom stereocenters. The number of carbonyl (C=O) groups excluding carboxylic acids is 1. The Morgan fingerprint density at radius 1 is 1.53 bits per heavy atom. The number of ether oxygens (including phenoxy) is 1. The van der Waals surface area contributed by atoms with Gasteiger partial charge in [-0.1, -0.05) is 13.8 Å². The maximum absolute atomic E-state index is 12.1. The van der Waals surface area contributed by atoms with Crippen molar-refractivity contribution in [2.75, 3.05) is 6.61 Å². The van der Waals surface area contributed by atoms with Crippen LogP contribution in [-0.2, 0) is 9.53 Å². The van der Waals surface area contributed by atoms with Crippen LogP contribution in [0.15, 0.2) is 11.3 Å².